The van der Waals surface area contributed by atoms with E-state index < -0.39 is 15.6 Å². The molecular formula is C15H31N3O4S. The lowest BCUT2D eigenvalue weighted by molar-refractivity contribution is -0.137. The van der Waals surface area contributed by atoms with E-state index in [1.54, 1.807) is 11.8 Å². The van der Waals surface area contributed by atoms with Gasteiger partial charge in [0, 0.05) is 26.2 Å². The van der Waals surface area contributed by atoms with E-state index in [1.165, 1.54) is 4.31 Å². The zero-order valence-corrected chi connectivity index (χ0v) is 15.6. The highest BCUT2D eigenvalue weighted by molar-refractivity contribution is 7.89. The second-order valence-electron chi connectivity index (χ2n) is 6.59. The first-order valence-electron chi connectivity index (χ1n) is 8.28. The summed E-state index contributed by atoms with van der Waals surface area (Å²) >= 11 is 0. The lowest BCUT2D eigenvalue weighted by Gasteiger charge is -2.38. The van der Waals surface area contributed by atoms with Crippen molar-refractivity contribution in [3.8, 4) is 0 Å². The second-order valence-corrected chi connectivity index (χ2v) is 8.68. The van der Waals surface area contributed by atoms with Crippen LogP contribution in [0.25, 0.3) is 0 Å². The van der Waals surface area contributed by atoms with E-state index in [-0.39, 0.29) is 24.4 Å². The number of carbonyl (C=O) groups excluding carboxylic acids is 1. The van der Waals surface area contributed by atoms with Crippen LogP contribution in [0.3, 0.4) is 0 Å². The summed E-state index contributed by atoms with van der Waals surface area (Å²) in [6.07, 6.45) is 1.47. The van der Waals surface area contributed by atoms with Gasteiger partial charge in [-0.2, -0.15) is 4.31 Å². The lowest BCUT2D eigenvalue weighted by Crippen LogP contribution is -2.59. The van der Waals surface area contributed by atoms with E-state index in [0.29, 0.717) is 32.6 Å². The first-order valence-corrected chi connectivity index (χ1v) is 9.88. The number of rotatable bonds is 8. The van der Waals surface area contributed by atoms with E-state index in [4.69, 9.17) is 10.5 Å². The normalized spacial score (nSPS) is 19.8. The van der Waals surface area contributed by atoms with Gasteiger partial charge in [-0.15, -0.1) is 0 Å². The fraction of sp³-hybridized carbons (Fsp3) is 0.933. The van der Waals surface area contributed by atoms with Gasteiger partial charge < -0.3 is 15.4 Å². The van der Waals surface area contributed by atoms with Crippen LogP contribution >= 0.6 is 0 Å². The molecule has 0 aliphatic carbocycles. The lowest BCUT2D eigenvalue weighted by atomic mass is 9.95. The van der Waals surface area contributed by atoms with Gasteiger partial charge in [-0.3, -0.25) is 4.79 Å². The molecule has 0 spiro atoms. The molecule has 1 aliphatic heterocycles. The molecule has 0 aromatic heterocycles. The van der Waals surface area contributed by atoms with Crippen molar-refractivity contribution in [2.24, 2.45) is 5.73 Å². The molecule has 0 aromatic carbocycles. The molecule has 1 amide bonds. The molecule has 1 unspecified atom stereocenters. The highest BCUT2D eigenvalue weighted by Crippen LogP contribution is 2.16. The van der Waals surface area contributed by atoms with Gasteiger partial charge in [0.05, 0.1) is 24.0 Å². The Morgan fingerprint density at radius 1 is 1.26 bits per heavy atom. The average molecular weight is 349 g/mol. The maximum Gasteiger partial charge on any atom is 0.242 e. The van der Waals surface area contributed by atoms with Gasteiger partial charge in [0.1, 0.15) is 0 Å². The molecule has 7 nitrogen and oxygen atoms in total. The largest absolute Gasteiger partial charge is 0.378 e. The molecule has 8 heteroatoms. The van der Waals surface area contributed by atoms with Crippen molar-refractivity contribution in [3.05, 3.63) is 0 Å². The van der Waals surface area contributed by atoms with Crippen LogP contribution in [0.1, 0.15) is 40.5 Å². The van der Waals surface area contributed by atoms with Gasteiger partial charge in [0.2, 0.25) is 15.9 Å². The van der Waals surface area contributed by atoms with Crippen LogP contribution in [0.15, 0.2) is 0 Å². The number of sulfonamides is 1. The van der Waals surface area contributed by atoms with E-state index in [9.17, 15) is 13.2 Å². The predicted molar refractivity (Wildman–Crippen MR) is 90.5 cm³/mol. The Bertz CT molecular complexity index is 483. The zero-order chi connectivity index (χ0) is 17.7. The molecule has 0 saturated carbocycles. The third kappa shape index (κ3) is 6.02. The SMILES string of the molecule is CCCC(C)(N)C(=O)N1CCN(S(=O)(=O)CCOC(C)C)CC1. The maximum atomic E-state index is 12.4. The minimum Gasteiger partial charge on any atom is -0.378 e. The van der Waals surface area contributed by atoms with E-state index in [2.05, 4.69) is 0 Å². The fourth-order valence-corrected chi connectivity index (χ4v) is 3.96. The molecule has 23 heavy (non-hydrogen) atoms. The summed E-state index contributed by atoms with van der Waals surface area (Å²) in [7, 11) is -3.33. The Balaban J connectivity index is 2.53. The molecule has 2 N–H and O–H groups in total. The zero-order valence-electron chi connectivity index (χ0n) is 14.7. The van der Waals surface area contributed by atoms with Crippen LogP contribution < -0.4 is 5.73 Å². The van der Waals surface area contributed by atoms with Crippen LogP contribution in [0.2, 0.25) is 0 Å². The predicted octanol–water partition coefficient (Wildman–Crippen LogP) is 0.403. The van der Waals surface area contributed by atoms with Crippen molar-refractivity contribution < 1.29 is 17.9 Å². The van der Waals surface area contributed by atoms with E-state index in [1.807, 2.05) is 20.8 Å². The number of piperazine rings is 1. The maximum absolute atomic E-state index is 12.4. The molecular weight excluding hydrogens is 318 g/mol. The van der Waals surface area contributed by atoms with Crippen LogP contribution in [-0.4, -0.2) is 73.7 Å². The second kappa shape index (κ2) is 8.41. The van der Waals surface area contributed by atoms with Gasteiger partial charge >= 0.3 is 0 Å². The monoisotopic (exact) mass is 349 g/mol. The number of ether oxygens (including phenoxy) is 1. The van der Waals surface area contributed by atoms with Gasteiger partial charge in [-0.1, -0.05) is 13.3 Å². The van der Waals surface area contributed by atoms with Gasteiger partial charge in [0.15, 0.2) is 0 Å². The van der Waals surface area contributed by atoms with E-state index in [0.717, 1.165) is 6.42 Å². The smallest absolute Gasteiger partial charge is 0.242 e. The van der Waals surface area contributed by atoms with Crippen LogP contribution in [-0.2, 0) is 19.6 Å². The minimum absolute atomic E-state index is 0.0143. The fourth-order valence-electron chi connectivity index (χ4n) is 2.68. The number of carbonyl (C=O) groups is 1. The van der Waals surface area contributed by atoms with Crippen molar-refractivity contribution in [3.63, 3.8) is 0 Å². The van der Waals surface area contributed by atoms with Gasteiger partial charge in [-0.05, 0) is 27.2 Å². The summed E-state index contributed by atoms with van der Waals surface area (Å²) in [5.41, 5.74) is 5.20. The Kier molecular flexibility index (Phi) is 7.44. The average Bonchev–Trinajstić information content (AvgIpc) is 2.46. The van der Waals surface area contributed by atoms with Crippen LogP contribution in [0.4, 0.5) is 0 Å². The van der Waals surface area contributed by atoms with Crippen molar-refractivity contribution in [2.75, 3.05) is 38.5 Å². The van der Waals surface area contributed by atoms with Gasteiger partial charge in [-0.25, -0.2) is 8.42 Å². The molecule has 1 aliphatic rings. The highest BCUT2D eigenvalue weighted by atomic mass is 32.2. The highest BCUT2D eigenvalue weighted by Gasteiger charge is 2.35. The summed E-state index contributed by atoms with van der Waals surface area (Å²) in [6, 6.07) is 0. The Hall–Kier alpha value is -0.700. The molecule has 136 valence electrons. The topological polar surface area (TPSA) is 92.9 Å². The van der Waals surface area contributed by atoms with Crippen LogP contribution in [0.5, 0.6) is 0 Å². The summed E-state index contributed by atoms with van der Waals surface area (Å²) < 4.78 is 31.3. The van der Waals surface area contributed by atoms with Crippen molar-refractivity contribution in [1.29, 1.82) is 0 Å². The standard InChI is InChI=1S/C15H31N3O4S/c1-5-6-15(4,16)14(19)17-7-9-18(10-8-17)23(20,21)12-11-22-13(2)3/h13H,5-12,16H2,1-4H3. The van der Waals surface area contributed by atoms with Crippen molar-refractivity contribution in [1.82, 2.24) is 9.21 Å². The summed E-state index contributed by atoms with van der Waals surface area (Å²) in [4.78, 5) is 14.1. The number of amides is 1. The molecule has 0 bridgehead atoms. The summed E-state index contributed by atoms with van der Waals surface area (Å²) in [5.74, 6) is -0.122. The van der Waals surface area contributed by atoms with E-state index >= 15 is 0 Å². The van der Waals surface area contributed by atoms with Crippen molar-refractivity contribution in [2.45, 2.75) is 52.2 Å². The Morgan fingerprint density at radius 3 is 2.30 bits per heavy atom. The summed E-state index contributed by atoms with van der Waals surface area (Å²) in [5, 5.41) is 0. The Morgan fingerprint density at radius 2 is 1.83 bits per heavy atom. The third-order valence-corrected chi connectivity index (χ3v) is 5.80. The first-order chi connectivity index (χ1) is 10.6. The van der Waals surface area contributed by atoms with Gasteiger partial charge in [0.25, 0.3) is 0 Å². The molecule has 1 saturated heterocycles. The van der Waals surface area contributed by atoms with Crippen molar-refractivity contribution >= 4 is 15.9 Å². The molecule has 0 radical (unpaired) electrons. The molecule has 1 heterocycles. The third-order valence-electron chi connectivity index (χ3n) is 3.97. The number of nitrogens with two attached hydrogens (primary N) is 1. The number of hydrogen-bond acceptors (Lipinski definition) is 5. The molecule has 1 rings (SSSR count). The minimum atomic E-state index is -3.33. The molecule has 1 atom stereocenters. The molecule has 1 fully saturated rings. The quantitative estimate of drug-likeness (QED) is 0.685. The Labute approximate surface area is 140 Å². The molecule has 0 aromatic rings. The first kappa shape index (κ1) is 20.3. The van der Waals surface area contributed by atoms with Crippen LogP contribution in [0, 0.1) is 0 Å². The number of hydrogen-bond donors (Lipinski definition) is 1. The number of nitrogens with zero attached hydrogens (tertiary/aromatic N) is 2. The summed E-state index contributed by atoms with van der Waals surface area (Å²) in [6.45, 7) is 9.08.